The highest BCUT2D eigenvalue weighted by atomic mass is 35.5. The van der Waals surface area contributed by atoms with Crippen molar-refractivity contribution in [1.82, 2.24) is 0 Å². The molecule has 120 valence electrons. The quantitative estimate of drug-likeness (QED) is 0.657. The molecule has 0 spiro atoms. The van der Waals surface area contributed by atoms with Gasteiger partial charge in [-0.25, -0.2) is 0 Å². The van der Waals surface area contributed by atoms with Crippen molar-refractivity contribution in [2.24, 2.45) is 5.73 Å². The number of unbranched alkanes of at least 4 members (excludes halogenated alkanes) is 2. The van der Waals surface area contributed by atoms with E-state index >= 15 is 0 Å². The van der Waals surface area contributed by atoms with E-state index in [1.807, 2.05) is 6.07 Å². The van der Waals surface area contributed by atoms with Crippen LogP contribution < -0.4 is 10.6 Å². The van der Waals surface area contributed by atoms with Crippen LogP contribution in [0.3, 0.4) is 0 Å². The van der Waals surface area contributed by atoms with Crippen molar-refractivity contribution >= 4 is 17.3 Å². The van der Waals surface area contributed by atoms with Crippen molar-refractivity contribution in [2.75, 3.05) is 18.0 Å². The molecule has 1 rings (SSSR count). The van der Waals surface area contributed by atoms with Crippen LogP contribution in [-0.2, 0) is 6.42 Å². The number of anilines is 1. The Bertz CT molecular complexity index is 398. The first-order chi connectivity index (χ1) is 10.1. The zero-order valence-corrected chi connectivity index (χ0v) is 14.6. The number of halogens is 1. The summed E-state index contributed by atoms with van der Waals surface area (Å²) >= 11 is 6.20. The fourth-order valence-corrected chi connectivity index (χ4v) is 2.70. The largest absolute Gasteiger partial charge is 0.371 e. The highest BCUT2D eigenvalue weighted by Crippen LogP contribution is 2.26. The first-order valence-electron chi connectivity index (χ1n) is 8.41. The van der Waals surface area contributed by atoms with Crippen molar-refractivity contribution in [3.63, 3.8) is 0 Å². The Morgan fingerprint density at radius 1 is 1.10 bits per heavy atom. The van der Waals surface area contributed by atoms with Crippen molar-refractivity contribution < 1.29 is 0 Å². The van der Waals surface area contributed by atoms with Crippen LogP contribution in [0.15, 0.2) is 18.2 Å². The Kier molecular flexibility index (Phi) is 8.79. The molecule has 2 nitrogen and oxygen atoms in total. The van der Waals surface area contributed by atoms with Crippen LogP contribution in [0.25, 0.3) is 0 Å². The smallest absolute Gasteiger partial charge is 0.0410 e. The highest BCUT2D eigenvalue weighted by Gasteiger charge is 2.13. The van der Waals surface area contributed by atoms with Crippen molar-refractivity contribution in [3.05, 3.63) is 28.8 Å². The number of benzene rings is 1. The van der Waals surface area contributed by atoms with E-state index in [2.05, 4.69) is 37.8 Å². The molecule has 1 aromatic rings. The minimum absolute atomic E-state index is 0.210. The van der Waals surface area contributed by atoms with E-state index in [0.29, 0.717) is 0 Å². The van der Waals surface area contributed by atoms with Gasteiger partial charge in [0.25, 0.3) is 0 Å². The van der Waals surface area contributed by atoms with Crippen molar-refractivity contribution in [3.8, 4) is 0 Å². The number of hydrogen-bond acceptors (Lipinski definition) is 2. The molecule has 0 radical (unpaired) electrons. The monoisotopic (exact) mass is 310 g/mol. The van der Waals surface area contributed by atoms with Gasteiger partial charge in [0.2, 0.25) is 0 Å². The van der Waals surface area contributed by atoms with E-state index in [9.17, 15) is 0 Å². The molecule has 3 heteroatoms. The molecule has 0 aromatic heterocycles. The molecule has 0 bridgehead atoms. The lowest BCUT2D eigenvalue weighted by Gasteiger charge is -2.28. The summed E-state index contributed by atoms with van der Waals surface area (Å²) in [5.41, 5.74) is 8.78. The summed E-state index contributed by atoms with van der Waals surface area (Å²) in [4.78, 5) is 2.51. The summed E-state index contributed by atoms with van der Waals surface area (Å²) in [6.45, 7) is 8.86. The number of rotatable bonds is 10. The Balaban J connectivity index is 2.97. The third kappa shape index (κ3) is 6.27. The molecular formula is C18H31ClN2. The Hall–Kier alpha value is -0.730. The Morgan fingerprint density at radius 2 is 1.71 bits per heavy atom. The van der Waals surface area contributed by atoms with Gasteiger partial charge in [0, 0.05) is 29.8 Å². The summed E-state index contributed by atoms with van der Waals surface area (Å²) in [5, 5.41) is 0.808. The Morgan fingerprint density at radius 3 is 2.24 bits per heavy atom. The van der Waals surface area contributed by atoms with Crippen LogP contribution >= 0.6 is 11.6 Å². The highest BCUT2D eigenvalue weighted by molar-refractivity contribution is 6.30. The molecule has 0 amide bonds. The molecule has 1 aromatic carbocycles. The molecule has 0 aliphatic rings. The van der Waals surface area contributed by atoms with Crippen LogP contribution in [-0.4, -0.2) is 19.1 Å². The molecule has 0 aliphatic carbocycles. The topological polar surface area (TPSA) is 29.3 Å². The van der Waals surface area contributed by atoms with Gasteiger partial charge in [0.1, 0.15) is 0 Å². The molecule has 2 N–H and O–H groups in total. The van der Waals surface area contributed by atoms with Gasteiger partial charge in [-0.1, -0.05) is 45.2 Å². The van der Waals surface area contributed by atoms with Gasteiger partial charge in [0.05, 0.1) is 0 Å². The molecule has 0 saturated carbocycles. The van der Waals surface area contributed by atoms with E-state index in [1.165, 1.54) is 36.9 Å². The van der Waals surface area contributed by atoms with E-state index in [4.69, 9.17) is 17.3 Å². The number of nitrogens with zero attached hydrogens (tertiary/aromatic N) is 1. The fourth-order valence-electron chi connectivity index (χ4n) is 2.50. The first-order valence-corrected chi connectivity index (χ1v) is 8.79. The van der Waals surface area contributed by atoms with Gasteiger partial charge in [-0.2, -0.15) is 0 Å². The van der Waals surface area contributed by atoms with E-state index < -0.39 is 0 Å². The van der Waals surface area contributed by atoms with Crippen LogP contribution in [0.5, 0.6) is 0 Å². The van der Waals surface area contributed by atoms with Gasteiger partial charge in [-0.3, -0.25) is 0 Å². The average molecular weight is 311 g/mol. The average Bonchev–Trinajstić information content (AvgIpc) is 2.48. The lowest BCUT2D eigenvalue weighted by Crippen LogP contribution is -2.28. The molecule has 0 saturated heterocycles. The van der Waals surface area contributed by atoms with Gasteiger partial charge >= 0.3 is 0 Å². The van der Waals surface area contributed by atoms with E-state index in [1.54, 1.807) is 0 Å². The second kappa shape index (κ2) is 10.1. The normalized spacial score (nSPS) is 12.4. The van der Waals surface area contributed by atoms with E-state index in [0.717, 1.165) is 31.0 Å². The van der Waals surface area contributed by atoms with Crippen LogP contribution in [0.1, 0.15) is 58.4 Å². The molecule has 1 atom stereocenters. The lowest BCUT2D eigenvalue weighted by atomic mass is 10.0. The second-order valence-corrected chi connectivity index (χ2v) is 6.28. The van der Waals surface area contributed by atoms with Gasteiger partial charge in [-0.15, -0.1) is 0 Å². The van der Waals surface area contributed by atoms with Crippen LogP contribution in [0, 0.1) is 0 Å². The van der Waals surface area contributed by atoms with E-state index in [-0.39, 0.29) is 6.04 Å². The molecular weight excluding hydrogens is 280 g/mol. The molecule has 0 heterocycles. The van der Waals surface area contributed by atoms with Crippen LogP contribution in [0.2, 0.25) is 5.02 Å². The zero-order valence-electron chi connectivity index (χ0n) is 13.9. The summed E-state index contributed by atoms with van der Waals surface area (Å²) in [6, 6.07) is 6.48. The lowest BCUT2D eigenvalue weighted by molar-refractivity contribution is 0.637. The second-order valence-electron chi connectivity index (χ2n) is 5.84. The van der Waals surface area contributed by atoms with Crippen LogP contribution in [0.4, 0.5) is 5.69 Å². The maximum Gasteiger partial charge on any atom is 0.0410 e. The third-order valence-electron chi connectivity index (χ3n) is 3.95. The van der Waals surface area contributed by atoms with Gasteiger partial charge < -0.3 is 10.6 Å². The molecule has 0 aliphatic heterocycles. The SMILES string of the molecule is CCCCN(CCCC)c1ccc(Cl)cc1CC(N)CC. The summed E-state index contributed by atoms with van der Waals surface area (Å²) < 4.78 is 0. The molecule has 1 unspecified atom stereocenters. The predicted octanol–water partition coefficient (Wildman–Crippen LogP) is 5.03. The van der Waals surface area contributed by atoms with Gasteiger partial charge in [0.15, 0.2) is 0 Å². The minimum atomic E-state index is 0.210. The zero-order chi connectivity index (χ0) is 15.7. The first kappa shape index (κ1) is 18.3. The Labute approximate surface area is 135 Å². The standard InChI is InChI=1S/C18H31ClN2/c1-4-7-11-21(12-8-5-2)18-10-9-16(19)13-15(18)14-17(20)6-3/h9-10,13,17H,4-8,11-12,14,20H2,1-3H3. The summed E-state index contributed by atoms with van der Waals surface area (Å²) in [5.74, 6) is 0. The van der Waals surface area contributed by atoms with Crippen molar-refractivity contribution in [2.45, 2.75) is 65.3 Å². The van der Waals surface area contributed by atoms with Crippen molar-refractivity contribution in [1.29, 1.82) is 0 Å². The maximum atomic E-state index is 6.20. The summed E-state index contributed by atoms with van der Waals surface area (Å²) in [7, 11) is 0. The molecule has 0 fully saturated rings. The maximum absolute atomic E-state index is 6.20. The predicted molar refractivity (Wildman–Crippen MR) is 95.5 cm³/mol. The third-order valence-corrected chi connectivity index (χ3v) is 4.19. The van der Waals surface area contributed by atoms with Gasteiger partial charge in [-0.05, 0) is 49.4 Å². The number of hydrogen-bond donors (Lipinski definition) is 1. The minimum Gasteiger partial charge on any atom is -0.371 e. The number of nitrogens with two attached hydrogens (primary N) is 1. The fraction of sp³-hybridized carbons (Fsp3) is 0.667. The summed E-state index contributed by atoms with van der Waals surface area (Å²) in [6.07, 6.45) is 6.80. The molecule has 21 heavy (non-hydrogen) atoms.